The molecule has 0 saturated carbocycles. The number of aromatic nitrogens is 1. The van der Waals surface area contributed by atoms with Gasteiger partial charge in [-0.3, -0.25) is 9.59 Å². The summed E-state index contributed by atoms with van der Waals surface area (Å²) in [6, 6.07) is 8.78. The molecule has 0 saturated heterocycles. The molecule has 132 valence electrons. The van der Waals surface area contributed by atoms with E-state index in [4.69, 9.17) is 21.1 Å². The van der Waals surface area contributed by atoms with Gasteiger partial charge in [0.2, 0.25) is 0 Å². The highest BCUT2D eigenvalue weighted by Gasteiger charge is 2.20. The minimum absolute atomic E-state index is 0.0100. The third-order valence-corrected chi connectivity index (χ3v) is 3.77. The number of rotatable bonds is 6. The molecule has 0 aliphatic heterocycles. The second kappa shape index (κ2) is 8.48. The van der Waals surface area contributed by atoms with E-state index >= 15 is 0 Å². The summed E-state index contributed by atoms with van der Waals surface area (Å²) in [5.74, 6) is -0.412. The Morgan fingerprint density at radius 2 is 2.08 bits per heavy atom. The van der Waals surface area contributed by atoms with Gasteiger partial charge in [-0.1, -0.05) is 29.3 Å². The molecule has 6 nitrogen and oxygen atoms in total. The molecule has 1 N–H and O–H groups in total. The van der Waals surface area contributed by atoms with Gasteiger partial charge in [0.05, 0.1) is 19.2 Å². The molecular formula is C18H19ClN2O4. The SMILES string of the molecule is COc1ccc(C)cc1CC(=O)O[C@@H](C)C(=O)Nc1cccnc1Cl. The molecule has 25 heavy (non-hydrogen) atoms. The van der Waals surface area contributed by atoms with Gasteiger partial charge >= 0.3 is 5.97 Å². The van der Waals surface area contributed by atoms with Gasteiger partial charge in [-0.2, -0.15) is 0 Å². The Kier molecular flexibility index (Phi) is 6.36. The summed E-state index contributed by atoms with van der Waals surface area (Å²) in [7, 11) is 1.53. The van der Waals surface area contributed by atoms with Crippen molar-refractivity contribution in [1.82, 2.24) is 4.98 Å². The fraction of sp³-hybridized carbons (Fsp3) is 0.278. The molecule has 7 heteroatoms. The van der Waals surface area contributed by atoms with Crippen molar-refractivity contribution >= 4 is 29.2 Å². The molecule has 1 aromatic carbocycles. The number of nitrogens with zero attached hydrogens (tertiary/aromatic N) is 1. The Balaban J connectivity index is 1.97. The molecule has 1 atom stereocenters. The van der Waals surface area contributed by atoms with Crippen LogP contribution in [0.1, 0.15) is 18.1 Å². The van der Waals surface area contributed by atoms with E-state index in [1.807, 2.05) is 19.1 Å². The zero-order chi connectivity index (χ0) is 18.4. The van der Waals surface area contributed by atoms with Crippen molar-refractivity contribution in [2.24, 2.45) is 0 Å². The summed E-state index contributed by atoms with van der Waals surface area (Å²) in [6.07, 6.45) is 0.548. The van der Waals surface area contributed by atoms with E-state index in [9.17, 15) is 9.59 Å². The second-order valence-corrected chi connectivity index (χ2v) is 5.81. The zero-order valence-corrected chi connectivity index (χ0v) is 15.0. The van der Waals surface area contributed by atoms with Crippen molar-refractivity contribution < 1.29 is 19.1 Å². The lowest BCUT2D eigenvalue weighted by atomic mass is 10.1. The van der Waals surface area contributed by atoms with E-state index in [2.05, 4.69) is 10.3 Å². The Bertz CT molecular complexity index is 779. The maximum atomic E-state index is 12.1. The third-order valence-electron chi connectivity index (χ3n) is 3.47. The van der Waals surface area contributed by atoms with Crippen LogP contribution in [0.15, 0.2) is 36.5 Å². The number of anilines is 1. The van der Waals surface area contributed by atoms with Crippen LogP contribution in [0.25, 0.3) is 0 Å². The van der Waals surface area contributed by atoms with Crippen molar-refractivity contribution in [3.05, 3.63) is 52.8 Å². The van der Waals surface area contributed by atoms with Gasteiger partial charge in [0.25, 0.3) is 5.91 Å². The largest absolute Gasteiger partial charge is 0.496 e. The molecule has 0 aliphatic rings. The van der Waals surface area contributed by atoms with Crippen molar-refractivity contribution in [2.75, 3.05) is 12.4 Å². The Morgan fingerprint density at radius 3 is 2.76 bits per heavy atom. The molecule has 0 aliphatic carbocycles. The fourth-order valence-corrected chi connectivity index (χ4v) is 2.37. The van der Waals surface area contributed by atoms with Crippen LogP contribution in [0.2, 0.25) is 5.15 Å². The monoisotopic (exact) mass is 362 g/mol. The highest BCUT2D eigenvalue weighted by molar-refractivity contribution is 6.32. The minimum Gasteiger partial charge on any atom is -0.496 e. The number of hydrogen-bond donors (Lipinski definition) is 1. The normalized spacial score (nSPS) is 11.5. The molecule has 0 fully saturated rings. The summed E-state index contributed by atoms with van der Waals surface area (Å²) in [4.78, 5) is 28.1. The van der Waals surface area contributed by atoms with E-state index < -0.39 is 18.0 Å². The quantitative estimate of drug-likeness (QED) is 0.631. The molecular weight excluding hydrogens is 344 g/mol. The maximum absolute atomic E-state index is 12.1. The number of ether oxygens (including phenoxy) is 2. The second-order valence-electron chi connectivity index (χ2n) is 5.46. The summed E-state index contributed by atoms with van der Waals surface area (Å²) < 4.78 is 10.4. The van der Waals surface area contributed by atoms with Crippen LogP contribution in [0.3, 0.4) is 0 Å². The summed E-state index contributed by atoms with van der Waals surface area (Å²) in [6.45, 7) is 3.41. The van der Waals surface area contributed by atoms with Crippen LogP contribution in [0.5, 0.6) is 5.75 Å². The standard InChI is InChI=1S/C18H19ClN2O4/c1-11-6-7-15(24-3)13(9-11)10-16(22)25-12(2)18(23)21-14-5-4-8-20-17(14)19/h4-9,12H,10H2,1-3H3,(H,21,23)/t12-/m0/s1. The van der Waals surface area contributed by atoms with E-state index in [1.54, 1.807) is 18.2 Å². The maximum Gasteiger partial charge on any atom is 0.311 e. The van der Waals surface area contributed by atoms with Gasteiger partial charge in [-0.25, -0.2) is 4.98 Å². The van der Waals surface area contributed by atoms with Crippen LogP contribution in [0.4, 0.5) is 5.69 Å². The van der Waals surface area contributed by atoms with Crippen LogP contribution >= 0.6 is 11.6 Å². The highest BCUT2D eigenvalue weighted by atomic mass is 35.5. The predicted octanol–water partition coefficient (Wildman–Crippen LogP) is 3.16. The molecule has 0 radical (unpaired) electrons. The van der Waals surface area contributed by atoms with Gasteiger partial charge in [0.15, 0.2) is 11.3 Å². The van der Waals surface area contributed by atoms with Crippen LogP contribution < -0.4 is 10.1 Å². The Morgan fingerprint density at radius 1 is 1.32 bits per heavy atom. The number of aryl methyl sites for hydroxylation is 1. The molecule has 1 heterocycles. The fourth-order valence-electron chi connectivity index (χ4n) is 2.21. The Hall–Kier alpha value is -2.60. The van der Waals surface area contributed by atoms with Crippen molar-refractivity contribution in [3.63, 3.8) is 0 Å². The first-order valence-corrected chi connectivity index (χ1v) is 8.03. The van der Waals surface area contributed by atoms with Crippen LogP contribution in [0, 0.1) is 6.92 Å². The van der Waals surface area contributed by atoms with E-state index in [-0.39, 0.29) is 11.6 Å². The highest BCUT2D eigenvalue weighted by Crippen LogP contribution is 2.21. The summed E-state index contributed by atoms with van der Waals surface area (Å²) in [5.41, 5.74) is 2.06. The van der Waals surface area contributed by atoms with Crippen LogP contribution in [-0.2, 0) is 20.7 Å². The van der Waals surface area contributed by atoms with E-state index in [0.29, 0.717) is 17.0 Å². The van der Waals surface area contributed by atoms with Gasteiger partial charge in [-0.05, 0) is 32.0 Å². The average Bonchev–Trinajstić information content (AvgIpc) is 2.57. The van der Waals surface area contributed by atoms with Gasteiger partial charge in [0, 0.05) is 11.8 Å². The number of esters is 1. The van der Waals surface area contributed by atoms with E-state index in [1.165, 1.54) is 20.2 Å². The zero-order valence-electron chi connectivity index (χ0n) is 14.2. The third kappa shape index (κ3) is 5.19. The number of benzene rings is 1. The van der Waals surface area contributed by atoms with Crippen LogP contribution in [-0.4, -0.2) is 30.1 Å². The van der Waals surface area contributed by atoms with Crippen molar-refractivity contribution in [2.45, 2.75) is 26.4 Å². The van der Waals surface area contributed by atoms with E-state index in [0.717, 1.165) is 5.56 Å². The number of amides is 1. The lowest BCUT2D eigenvalue weighted by molar-refractivity contribution is -0.152. The van der Waals surface area contributed by atoms with Gasteiger partial charge < -0.3 is 14.8 Å². The number of halogens is 1. The van der Waals surface area contributed by atoms with Crippen molar-refractivity contribution in [3.8, 4) is 5.75 Å². The molecule has 0 bridgehead atoms. The van der Waals surface area contributed by atoms with Crippen molar-refractivity contribution in [1.29, 1.82) is 0 Å². The first-order chi connectivity index (χ1) is 11.9. The molecule has 0 unspecified atom stereocenters. The first-order valence-electron chi connectivity index (χ1n) is 7.65. The minimum atomic E-state index is -0.973. The predicted molar refractivity (Wildman–Crippen MR) is 94.9 cm³/mol. The summed E-state index contributed by atoms with van der Waals surface area (Å²) >= 11 is 5.89. The number of hydrogen-bond acceptors (Lipinski definition) is 5. The summed E-state index contributed by atoms with van der Waals surface area (Å²) in [5, 5.41) is 2.74. The number of nitrogens with one attached hydrogen (secondary N) is 1. The number of carbonyl (C=O) groups excluding carboxylic acids is 2. The Labute approximate surface area is 151 Å². The lowest BCUT2D eigenvalue weighted by Gasteiger charge is -2.15. The average molecular weight is 363 g/mol. The number of pyridine rings is 1. The smallest absolute Gasteiger partial charge is 0.311 e. The van der Waals surface area contributed by atoms with Gasteiger partial charge in [-0.15, -0.1) is 0 Å². The number of methoxy groups -OCH3 is 1. The molecule has 1 aromatic heterocycles. The van der Waals surface area contributed by atoms with Gasteiger partial charge in [0.1, 0.15) is 5.75 Å². The topological polar surface area (TPSA) is 77.5 Å². The molecule has 0 spiro atoms. The molecule has 2 rings (SSSR count). The first kappa shape index (κ1) is 18.7. The lowest BCUT2D eigenvalue weighted by Crippen LogP contribution is -2.30. The molecule has 1 amide bonds. The number of carbonyl (C=O) groups is 2. The molecule has 2 aromatic rings.